The predicted octanol–water partition coefficient (Wildman–Crippen LogP) is 1.89. The lowest BCUT2D eigenvalue weighted by atomic mass is 9.98. The number of amides is 2. The molecular weight excluding hydrogens is 272 g/mol. The summed E-state index contributed by atoms with van der Waals surface area (Å²) in [5.41, 5.74) is -0.189. The lowest BCUT2D eigenvalue weighted by Gasteiger charge is -2.25. The van der Waals surface area contributed by atoms with Gasteiger partial charge in [-0.15, -0.1) is 0 Å². The van der Waals surface area contributed by atoms with Crippen molar-refractivity contribution in [3.05, 3.63) is 29.8 Å². The molecule has 2 amide bonds. The van der Waals surface area contributed by atoms with Gasteiger partial charge in [0.05, 0.1) is 7.11 Å². The molecular formula is C15H20N2O4. The number of methoxy groups -OCH3 is 1. The zero-order chi connectivity index (χ0) is 15.3. The lowest BCUT2D eigenvalue weighted by molar-refractivity contribution is -0.144. The molecule has 1 aliphatic rings. The number of nitrogens with one attached hydrogen (secondary N) is 2. The average Bonchev–Trinajstić information content (AvgIpc) is 2.95. The van der Waals surface area contributed by atoms with E-state index in [0.717, 1.165) is 24.2 Å². The number of hydrogen-bond acceptors (Lipinski definition) is 3. The first-order chi connectivity index (χ1) is 10.1. The van der Waals surface area contributed by atoms with E-state index < -0.39 is 17.5 Å². The highest BCUT2D eigenvalue weighted by Crippen LogP contribution is 2.29. The third-order valence-electron chi connectivity index (χ3n) is 3.83. The van der Waals surface area contributed by atoms with Crippen LogP contribution in [-0.2, 0) is 11.3 Å². The van der Waals surface area contributed by atoms with Crippen molar-refractivity contribution >= 4 is 12.0 Å². The fourth-order valence-corrected chi connectivity index (χ4v) is 2.56. The Hall–Kier alpha value is -2.24. The zero-order valence-corrected chi connectivity index (χ0v) is 12.0. The van der Waals surface area contributed by atoms with Crippen LogP contribution in [0.1, 0.15) is 31.2 Å². The van der Waals surface area contributed by atoms with E-state index in [1.807, 2.05) is 24.3 Å². The first-order valence-corrected chi connectivity index (χ1v) is 6.98. The van der Waals surface area contributed by atoms with Crippen LogP contribution in [0.3, 0.4) is 0 Å². The van der Waals surface area contributed by atoms with Crippen molar-refractivity contribution in [2.75, 3.05) is 7.11 Å². The Labute approximate surface area is 123 Å². The summed E-state index contributed by atoms with van der Waals surface area (Å²) in [6, 6.07) is 6.87. The Bertz CT molecular complexity index is 507. The Balaban J connectivity index is 1.87. The Morgan fingerprint density at radius 2 is 1.86 bits per heavy atom. The number of rotatable bonds is 5. The molecule has 1 fully saturated rings. The van der Waals surface area contributed by atoms with Crippen LogP contribution in [0.2, 0.25) is 0 Å². The number of carbonyl (C=O) groups excluding carboxylic acids is 1. The van der Waals surface area contributed by atoms with Crippen molar-refractivity contribution in [2.24, 2.45) is 0 Å². The van der Waals surface area contributed by atoms with Crippen LogP contribution in [0.5, 0.6) is 5.75 Å². The second kappa shape index (κ2) is 6.47. The standard InChI is InChI=1S/C15H20N2O4/c1-21-12-6-4-11(5-7-12)10-16-14(20)17-15(13(18)19)8-2-3-9-15/h4-7H,2-3,8-10H2,1H3,(H,18,19)(H2,16,17,20). The summed E-state index contributed by atoms with van der Waals surface area (Å²) >= 11 is 0. The van der Waals surface area contributed by atoms with E-state index in [4.69, 9.17) is 4.74 Å². The van der Waals surface area contributed by atoms with Crippen molar-refractivity contribution in [3.8, 4) is 5.75 Å². The summed E-state index contributed by atoms with van der Waals surface area (Å²) in [5, 5.41) is 14.6. The van der Waals surface area contributed by atoms with Crippen LogP contribution in [-0.4, -0.2) is 29.8 Å². The molecule has 0 unspecified atom stereocenters. The maximum absolute atomic E-state index is 11.9. The summed E-state index contributed by atoms with van der Waals surface area (Å²) in [6.07, 6.45) is 2.62. The van der Waals surface area contributed by atoms with E-state index in [1.54, 1.807) is 7.11 Å². The van der Waals surface area contributed by atoms with E-state index >= 15 is 0 Å². The molecule has 1 aromatic carbocycles. The quantitative estimate of drug-likeness (QED) is 0.773. The van der Waals surface area contributed by atoms with Crippen molar-refractivity contribution in [1.82, 2.24) is 10.6 Å². The fraction of sp³-hybridized carbons (Fsp3) is 0.467. The largest absolute Gasteiger partial charge is 0.497 e. The highest BCUT2D eigenvalue weighted by atomic mass is 16.5. The van der Waals surface area contributed by atoms with Crippen molar-refractivity contribution in [3.63, 3.8) is 0 Å². The van der Waals surface area contributed by atoms with E-state index in [-0.39, 0.29) is 0 Å². The van der Waals surface area contributed by atoms with Gasteiger partial charge in [0.15, 0.2) is 0 Å². The summed E-state index contributed by atoms with van der Waals surface area (Å²) in [6.45, 7) is 0.339. The van der Waals surface area contributed by atoms with Gasteiger partial charge in [-0.2, -0.15) is 0 Å². The number of carbonyl (C=O) groups is 2. The minimum Gasteiger partial charge on any atom is -0.497 e. The molecule has 114 valence electrons. The molecule has 2 rings (SSSR count). The number of urea groups is 1. The highest BCUT2D eigenvalue weighted by molar-refractivity contribution is 5.86. The molecule has 0 heterocycles. The maximum atomic E-state index is 11.9. The average molecular weight is 292 g/mol. The van der Waals surface area contributed by atoms with Gasteiger partial charge in [-0.05, 0) is 30.5 Å². The van der Waals surface area contributed by atoms with Crippen LogP contribution >= 0.6 is 0 Å². The number of ether oxygens (including phenoxy) is 1. The number of carboxylic acid groups (broad SMARTS) is 1. The third kappa shape index (κ3) is 3.65. The molecule has 0 bridgehead atoms. The topological polar surface area (TPSA) is 87.7 Å². The molecule has 0 aromatic heterocycles. The van der Waals surface area contributed by atoms with Crippen LogP contribution in [0.4, 0.5) is 4.79 Å². The van der Waals surface area contributed by atoms with Crippen LogP contribution < -0.4 is 15.4 Å². The van der Waals surface area contributed by atoms with E-state index in [9.17, 15) is 14.7 Å². The van der Waals surface area contributed by atoms with E-state index in [1.165, 1.54) is 0 Å². The lowest BCUT2D eigenvalue weighted by Crippen LogP contribution is -2.55. The molecule has 1 saturated carbocycles. The fourth-order valence-electron chi connectivity index (χ4n) is 2.56. The molecule has 3 N–H and O–H groups in total. The van der Waals surface area contributed by atoms with Crippen molar-refractivity contribution in [1.29, 1.82) is 0 Å². The number of hydrogen-bond donors (Lipinski definition) is 3. The molecule has 21 heavy (non-hydrogen) atoms. The van der Waals surface area contributed by atoms with Crippen molar-refractivity contribution < 1.29 is 19.4 Å². The molecule has 0 radical (unpaired) electrons. The number of aliphatic carboxylic acids is 1. The zero-order valence-electron chi connectivity index (χ0n) is 12.0. The second-order valence-electron chi connectivity index (χ2n) is 5.25. The number of benzene rings is 1. The van der Waals surface area contributed by atoms with Gasteiger partial charge in [-0.1, -0.05) is 25.0 Å². The van der Waals surface area contributed by atoms with Gasteiger partial charge in [-0.25, -0.2) is 9.59 Å². The van der Waals surface area contributed by atoms with Crippen LogP contribution in [0.15, 0.2) is 24.3 Å². The molecule has 6 heteroatoms. The summed E-state index contributed by atoms with van der Waals surface area (Å²) in [4.78, 5) is 23.2. The first-order valence-electron chi connectivity index (χ1n) is 6.98. The smallest absolute Gasteiger partial charge is 0.329 e. The summed E-state index contributed by atoms with van der Waals surface area (Å²) in [7, 11) is 1.59. The first kappa shape index (κ1) is 15.2. The van der Waals surface area contributed by atoms with Gasteiger partial charge in [0, 0.05) is 6.54 Å². The summed E-state index contributed by atoms with van der Waals surface area (Å²) in [5.74, 6) is -0.210. The van der Waals surface area contributed by atoms with E-state index in [2.05, 4.69) is 10.6 Å². The minimum absolute atomic E-state index is 0.339. The van der Waals surface area contributed by atoms with E-state index in [0.29, 0.717) is 19.4 Å². The van der Waals surface area contributed by atoms with Crippen LogP contribution in [0.25, 0.3) is 0 Å². The third-order valence-corrected chi connectivity index (χ3v) is 3.83. The molecule has 6 nitrogen and oxygen atoms in total. The summed E-state index contributed by atoms with van der Waals surface area (Å²) < 4.78 is 5.06. The SMILES string of the molecule is COc1ccc(CNC(=O)NC2(C(=O)O)CCCC2)cc1. The minimum atomic E-state index is -1.11. The maximum Gasteiger partial charge on any atom is 0.329 e. The van der Waals surface area contributed by atoms with Gasteiger partial charge in [0.1, 0.15) is 11.3 Å². The second-order valence-corrected chi connectivity index (χ2v) is 5.25. The monoisotopic (exact) mass is 292 g/mol. The number of carboxylic acids is 1. The Morgan fingerprint density at radius 3 is 2.38 bits per heavy atom. The molecule has 1 aliphatic carbocycles. The van der Waals surface area contributed by atoms with Crippen molar-refractivity contribution in [2.45, 2.75) is 37.8 Å². The molecule has 0 spiro atoms. The molecule has 1 aromatic rings. The molecule has 0 saturated heterocycles. The van der Waals surface area contributed by atoms with Gasteiger partial charge in [0.2, 0.25) is 0 Å². The molecule has 0 atom stereocenters. The normalized spacial score (nSPS) is 16.2. The molecule has 0 aliphatic heterocycles. The van der Waals surface area contributed by atoms with Gasteiger partial charge >= 0.3 is 12.0 Å². The Morgan fingerprint density at radius 1 is 1.24 bits per heavy atom. The Kier molecular flexibility index (Phi) is 4.67. The predicted molar refractivity (Wildman–Crippen MR) is 77.2 cm³/mol. The van der Waals surface area contributed by atoms with Gasteiger partial charge < -0.3 is 20.5 Å². The van der Waals surface area contributed by atoms with Gasteiger partial charge in [-0.3, -0.25) is 0 Å². The van der Waals surface area contributed by atoms with Crippen LogP contribution in [0, 0.1) is 0 Å². The van der Waals surface area contributed by atoms with Gasteiger partial charge in [0.25, 0.3) is 0 Å². The highest BCUT2D eigenvalue weighted by Gasteiger charge is 2.42.